The Labute approximate surface area is 194 Å². The molecule has 2 N–H and O–H groups in total. The third-order valence-corrected chi connectivity index (χ3v) is 8.33. The smallest absolute Gasteiger partial charge is 0.186 e. The van der Waals surface area contributed by atoms with E-state index >= 15 is 0 Å². The molecule has 2 atom stereocenters. The van der Waals surface area contributed by atoms with E-state index in [4.69, 9.17) is 5.73 Å². The van der Waals surface area contributed by atoms with Crippen molar-refractivity contribution in [1.29, 1.82) is 0 Å². The van der Waals surface area contributed by atoms with E-state index in [1.165, 1.54) is 22.3 Å². The van der Waals surface area contributed by atoms with Crippen LogP contribution in [0.2, 0.25) is 0 Å². The van der Waals surface area contributed by atoms with Gasteiger partial charge in [-0.05, 0) is 65.6 Å². The number of nitrogens with zero attached hydrogens (tertiary/aromatic N) is 6. The Balaban J connectivity index is 1.33. The first-order chi connectivity index (χ1) is 15.6. The highest BCUT2D eigenvalue weighted by atomic mass is 32.1. The van der Waals surface area contributed by atoms with Crippen LogP contribution in [0.5, 0.6) is 0 Å². The average Bonchev–Trinajstić information content (AvgIpc) is 3.53. The molecule has 0 amide bonds. The molecule has 32 heavy (non-hydrogen) atoms. The number of tetrazole rings is 1. The molecule has 2 unspecified atom stereocenters. The zero-order valence-corrected chi connectivity index (χ0v) is 19.6. The molecular formula is C22H26FN7S2. The van der Waals surface area contributed by atoms with Gasteiger partial charge < -0.3 is 10.6 Å². The average molecular weight is 472 g/mol. The number of halogens is 1. The molecule has 1 aliphatic heterocycles. The van der Waals surface area contributed by atoms with Gasteiger partial charge in [0.15, 0.2) is 11.0 Å². The molecule has 1 aromatic carbocycles. The number of thiophene rings is 1. The Hall–Kier alpha value is -2.59. The molecule has 0 aliphatic carbocycles. The van der Waals surface area contributed by atoms with Crippen LogP contribution in [0.3, 0.4) is 0 Å². The van der Waals surface area contributed by atoms with Crippen LogP contribution in [-0.4, -0.2) is 38.3 Å². The van der Waals surface area contributed by atoms with Gasteiger partial charge in [0.2, 0.25) is 0 Å². The first kappa shape index (κ1) is 21.3. The van der Waals surface area contributed by atoms with Crippen LogP contribution in [0.1, 0.15) is 49.2 Å². The van der Waals surface area contributed by atoms with E-state index in [2.05, 4.69) is 49.8 Å². The fourth-order valence-corrected chi connectivity index (χ4v) is 6.44. The molecule has 10 heteroatoms. The SMILES string of the molecule is CCC(c1nnnn1Cc1cccs1)C1CCCN(c2nc3c(N)ccc(F)c3s2)CC1. The fourth-order valence-electron chi connectivity index (χ4n) is 4.70. The quantitative estimate of drug-likeness (QED) is 0.402. The molecule has 4 heterocycles. The molecule has 0 radical (unpaired) electrons. The highest BCUT2D eigenvalue weighted by Gasteiger charge is 2.30. The summed E-state index contributed by atoms with van der Waals surface area (Å²) in [5.41, 5.74) is 7.14. The van der Waals surface area contributed by atoms with E-state index in [1.54, 1.807) is 17.4 Å². The minimum absolute atomic E-state index is 0.255. The summed E-state index contributed by atoms with van der Waals surface area (Å²) in [5, 5.41) is 15.6. The van der Waals surface area contributed by atoms with E-state index in [0.717, 1.165) is 49.7 Å². The van der Waals surface area contributed by atoms with Crippen LogP contribution in [0.15, 0.2) is 29.6 Å². The van der Waals surface area contributed by atoms with Crippen molar-refractivity contribution >= 4 is 43.7 Å². The van der Waals surface area contributed by atoms with Crippen LogP contribution >= 0.6 is 22.7 Å². The minimum Gasteiger partial charge on any atom is -0.397 e. The second-order valence-corrected chi connectivity index (χ2v) is 10.3. The lowest BCUT2D eigenvalue weighted by atomic mass is 9.84. The lowest BCUT2D eigenvalue weighted by molar-refractivity contribution is 0.352. The summed E-state index contributed by atoms with van der Waals surface area (Å²) >= 11 is 3.12. The van der Waals surface area contributed by atoms with E-state index in [9.17, 15) is 4.39 Å². The Morgan fingerprint density at radius 1 is 1.25 bits per heavy atom. The van der Waals surface area contributed by atoms with Gasteiger partial charge in [0, 0.05) is 23.9 Å². The van der Waals surface area contributed by atoms with Gasteiger partial charge in [-0.3, -0.25) is 0 Å². The molecule has 1 fully saturated rings. The van der Waals surface area contributed by atoms with Crippen molar-refractivity contribution in [2.24, 2.45) is 5.92 Å². The van der Waals surface area contributed by atoms with Crippen molar-refractivity contribution < 1.29 is 4.39 Å². The van der Waals surface area contributed by atoms with Gasteiger partial charge >= 0.3 is 0 Å². The van der Waals surface area contributed by atoms with Crippen LogP contribution in [0, 0.1) is 11.7 Å². The number of rotatable bonds is 6. The van der Waals surface area contributed by atoms with Gasteiger partial charge in [-0.2, -0.15) is 0 Å². The van der Waals surface area contributed by atoms with Crippen LogP contribution in [0.4, 0.5) is 15.2 Å². The monoisotopic (exact) mass is 471 g/mol. The Morgan fingerprint density at radius 2 is 2.16 bits per heavy atom. The third kappa shape index (κ3) is 4.09. The Kier molecular flexibility index (Phi) is 6.05. The normalized spacial score (nSPS) is 18.2. The Bertz CT molecular complexity index is 1150. The van der Waals surface area contributed by atoms with E-state index in [-0.39, 0.29) is 5.82 Å². The molecule has 168 valence electrons. The molecule has 7 nitrogen and oxygen atoms in total. The zero-order valence-electron chi connectivity index (χ0n) is 17.9. The third-order valence-electron chi connectivity index (χ3n) is 6.34. The number of thiazole rings is 1. The standard InChI is InChI=1S/C22H26FN7S2/c1-2-16(21-26-27-28-30(21)13-15-6-4-12-31-15)14-5-3-10-29(11-9-14)22-25-19-18(24)8-7-17(23)20(19)32-22/h4,6-8,12,14,16H,2-3,5,9-11,13,24H2,1H3. The summed E-state index contributed by atoms with van der Waals surface area (Å²) in [6.45, 7) is 4.73. The molecule has 0 bridgehead atoms. The number of hydrogen-bond acceptors (Lipinski definition) is 8. The molecule has 4 aromatic rings. The predicted molar refractivity (Wildman–Crippen MR) is 128 cm³/mol. The molecule has 1 aliphatic rings. The number of hydrogen-bond donors (Lipinski definition) is 1. The Morgan fingerprint density at radius 3 is 2.94 bits per heavy atom. The lowest BCUT2D eigenvalue weighted by Crippen LogP contribution is -2.25. The van der Waals surface area contributed by atoms with Crippen LogP contribution < -0.4 is 10.6 Å². The van der Waals surface area contributed by atoms with E-state index in [1.807, 2.05) is 4.68 Å². The van der Waals surface area contributed by atoms with Crippen molar-refractivity contribution in [3.8, 4) is 0 Å². The van der Waals surface area contributed by atoms with Crippen molar-refractivity contribution in [3.05, 3.63) is 46.2 Å². The predicted octanol–water partition coefficient (Wildman–Crippen LogP) is 4.91. The summed E-state index contributed by atoms with van der Waals surface area (Å²) < 4.78 is 16.7. The van der Waals surface area contributed by atoms with E-state index in [0.29, 0.717) is 34.3 Å². The van der Waals surface area contributed by atoms with Crippen molar-refractivity contribution in [3.63, 3.8) is 0 Å². The molecule has 5 rings (SSSR count). The first-order valence-electron chi connectivity index (χ1n) is 11.0. The van der Waals surface area contributed by atoms with Gasteiger partial charge in [-0.15, -0.1) is 16.4 Å². The van der Waals surface area contributed by atoms with Gasteiger partial charge in [0.05, 0.1) is 16.9 Å². The number of anilines is 2. The largest absolute Gasteiger partial charge is 0.397 e. The molecule has 3 aromatic heterocycles. The van der Waals surface area contributed by atoms with Gasteiger partial charge in [0.1, 0.15) is 11.3 Å². The molecule has 0 saturated carbocycles. The summed E-state index contributed by atoms with van der Waals surface area (Å²) in [7, 11) is 0. The number of fused-ring (bicyclic) bond motifs is 1. The topological polar surface area (TPSA) is 85.8 Å². The maximum absolute atomic E-state index is 14.2. The van der Waals surface area contributed by atoms with Crippen LogP contribution in [0.25, 0.3) is 10.2 Å². The molecular weight excluding hydrogens is 445 g/mol. The maximum Gasteiger partial charge on any atom is 0.186 e. The van der Waals surface area contributed by atoms with Crippen LogP contribution in [-0.2, 0) is 6.54 Å². The van der Waals surface area contributed by atoms with Crippen molar-refractivity contribution in [2.45, 2.75) is 45.1 Å². The second kappa shape index (κ2) is 9.11. The lowest BCUT2D eigenvalue weighted by Gasteiger charge is -2.24. The van der Waals surface area contributed by atoms with Crippen molar-refractivity contribution in [2.75, 3.05) is 23.7 Å². The maximum atomic E-state index is 14.2. The summed E-state index contributed by atoms with van der Waals surface area (Å²) in [6.07, 6.45) is 4.19. The first-order valence-corrected chi connectivity index (χ1v) is 12.7. The summed E-state index contributed by atoms with van der Waals surface area (Å²) in [6, 6.07) is 7.19. The number of aromatic nitrogens is 5. The number of nitrogen functional groups attached to an aromatic ring is 1. The highest BCUT2D eigenvalue weighted by molar-refractivity contribution is 7.22. The number of nitrogens with two attached hydrogens (primary N) is 1. The zero-order chi connectivity index (χ0) is 22.1. The fraction of sp³-hybridized carbons (Fsp3) is 0.455. The molecule has 1 saturated heterocycles. The van der Waals surface area contributed by atoms with Gasteiger partial charge in [-0.25, -0.2) is 14.1 Å². The van der Waals surface area contributed by atoms with Gasteiger partial charge in [-0.1, -0.05) is 24.3 Å². The van der Waals surface area contributed by atoms with E-state index < -0.39 is 0 Å². The van der Waals surface area contributed by atoms with Gasteiger partial charge in [0.25, 0.3) is 0 Å². The number of benzene rings is 1. The summed E-state index contributed by atoms with van der Waals surface area (Å²) in [4.78, 5) is 8.21. The minimum atomic E-state index is -0.255. The highest BCUT2D eigenvalue weighted by Crippen LogP contribution is 2.38. The second-order valence-electron chi connectivity index (χ2n) is 8.28. The van der Waals surface area contributed by atoms with Crippen molar-refractivity contribution in [1.82, 2.24) is 25.2 Å². The molecule has 0 spiro atoms. The summed E-state index contributed by atoms with van der Waals surface area (Å²) in [5.74, 6) is 1.53.